The molecule has 0 radical (unpaired) electrons. The van der Waals surface area contributed by atoms with Crippen molar-refractivity contribution in [2.24, 2.45) is 0 Å². The molecule has 3 rings (SSSR count). The molecule has 112 valence electrons. The van der Waals surface area contributed by atoms with E-state index in [1.807, 2.05) is 19.9 Å². The highest BCUT2D eigenvalue weighted by Gasteiger charge is 2.16. The number of hydrogen-bond acceptors (Lipinski definition) is 4. The summed E-state index contributed by atoms with van der Waals surface area (Å²) in [5.41, 5.74) is 2.95. The molecular formula is C17H14O5. The second kappa shape index (κ2) is 4.87. The summed E-state index contributed by atoms with van der Waals surface area (Å²) >= 11 is 0. The number of aryl methyl sites for hydroxylation is 3. The van der Waals surface area contributed by atoms with Crippen molar-refractivity contribution in [1.29, 1.82) is 0 Å². The molecule has 2 heterocycles. The first-order valence-corrected chi connectivity index (χ1v) is 6.76. The Labute approximate surface area is 125 Å². The lowest BCUT2D eigenvalue weighted by molar-refractivity contribution is -0.131. The third-order valence-electron chi connectivity index (χ3n) is 3.74. The fraction of sp³-hybridized carbons (Fsp3) is 0.176. The van der Waals surface area contributed by atoms with E-state index >= 15 is 0 Å². The van der Waals surface area contributed by atoms with Gasteiger partial charge in [-0.25, -0.2) is 9.59 Å². The van der Waals surface area contributed by atoms with Crippen molar-refractivity contribution in [2.45, 2.75) is 20.8 Å². The zero-order valence-electron chi connectivity index (χ0n) is 12.4. The van der Waals surface area contributed by atoms with Crippen LogP contribution in [0, 0.1) is 20.8 Å². The molecule has 1 aromatic carbocycles. The van der Waals surface area contributed by atoms with Crippen molar-refractivity contribution in [2.75, 3.05) is 0 Å². The standard InChI is InChI=1S/C17H14O5/c1-8-6-15(20)22-16-9(2)17-13(7-12(8)16)11(10(3)21-17)4-5-14(18)19/h4-7H,1-3H3,(H,18,19)/b5-4+. The molecule has 0 atom stereocenters. The number of carboxylic acid groups (broad SMARTS) is 1. The number of fused-ring (bicyclic) bond motifs is 2. The molecule has 22 heavy (non-hydrogen) atoms. The van der Waals surface area contributed by atoms with Gasteiger partial charge >= 0.3 is 11.6 Å². The molecule has 0 aliphatic carbocycles. The van der Waals surface area contributed by atoms with Gasteiger partial charge in [0.25, 0.3) is 0 Å². The lowest BCUT2D eigenvalue weighted by Gasteiger charge is -2.04. The Kier molecular flexibility index (Phi) is 3.13. The maximum absolute atomic E-state index is 11.6. The Morgan fingerprint density at radius 2 is 1.77 bits per heavy atom. The van der Waals surface area contributed by atoms with E-state index < -0.39 is 11.6 Å². The van der Waals surface area contributed by atoms with Crippen molar-refractivity contribution in [3.8, 4) is 0 Å². The largest absolute Gasteiger partial charge is 0.478 e. The highest BCUT2D eigenvalue weighted by Crippen LogP contribution is 2.34. The average molecular weight is 298 g/mol. The maximum Gasteiger partial charge on any atom is 0.336 e. The quantitative estimate of drug-likeness (QED) is 0.578. The van der Waals surface area contributed by atoms with Gasteiger partial charge in [0.1, 0.15) is 16.9 Å². The van der Waals surface area contributed by atoms with Gasteiger partial charge in [0.05, 0.1) is 0 Å². The van der Waals surface area contributed by atoms with E-state index in [9.17, 15) is 9.59 Å². The minimum Gasteiger partial charge on any atom is -0.478 e. The number of aliphatic carboxylic acids is 1. The van der Waals surface area contributed by atoms with Crippen molar-refractivity contribution >= 4 is 34.0 Å². The maximum atomic E-state index is 11.6. The first kappa shape index (κ1) is 14.1. The van der Waals surface area contributed by atoms with E-state index in [1.54, 1.807) is 6.92 Å². The second-order valence-corrected chi connectivity index (χ2v) is 5.25. The normalized spacial score (nSPS) is 11.8. The molecule has 3 aromatic rings. The molecule has 0 aliphatic heterocycles. The summed E-state index contributed by atoms with van der Waals surface area (Å²) in [6.45, 7) is 5.43. The third kappa shape index (κ3) is 2.11. The van der Waals surface area contributed by atoms with Crippen LogP contribution < -0.4 is 5.63 Å². The first-order chi connectivity index (χ1) is 10.4. The van der Waals surface area contributed by atoms with Gasteiger partial charge in [0, 0.05) is 34.0 Å². The summed E-state index contributed by atoms with van der Waals surface area (Å²) in [7, 11) is 0. The summed E-state index contributed by atoms with van der Waals surface area (Å²) in [5.74, 6) is -0.403. The van der Waals surface area contributed by atoms with Crippen LogP contribution in [0.5, 0.6) is 0 Å². The first-order valence-electron chi connectivity index (χ1n) is 6.76. The molecular weight excluding hydrogens is 284 g/mol. The van der Waals surface area contributed by atoms with E-state index in [0.717, 1.165) is 28.0 Å². The smallest absolute Gasteiger partial charge is 0.336 e. The average Bonchev–Trinajstić information content (AvgIpc) is 2.74. The molecule has 0 saturated heterocycles. The van der Waals surface area contributed by atoms with Crippen LogP contribution in [-0.4, -0.2) is 11.1 Å². The van der Waals surface area contributed by atoms with Crippen LogP contribution in [0.15, 0.2) is 31.8 Å². The van der Waals surface area contributed by atoms with Gasteiger partial charge in [-0.05, 0) is 38.5 Å². The van der Waals surface area contributed by atoms with Crippen molar-refractivity contribution < 1.29 is 18.7 Å². The van der Waals surface area contributed by atoms with Crippen molar-refractivity contribution in [1.82, 2.24) is 0 Å². The molecule has 2 aromatic heterocycles. The van der Waals surface area contributed by atoms with Gasteiger partial charge in [-0.1, -0.05) is 0 Å². The zero-order chi connectivity index (χ0) is 16.0. The van der Waals surface area contributed by atoms with Crippen LogP contribution in [-0.2, 0) is 4.79 Å². The summed E-state index contributed by atoms with van der Waals surface area (Å²) in [4.78, 5) is 22.3. The summed E-state index contributed by atoms with van der Waals surface area (Å²) in [6.07, 6.45) is 2.60. The molecule has 0 amide bonds. The molecule has 0 spiro atoms. The fourth-order valence-electron chi connectivity index (χ4n) is 2.68. The molecule has 0 saturated carbocycles. The Hall–Kier alpha value is -2.82. The summed E-state index contributed by atoms with van der Waals surface area (Å²) in [6, 6.07) is 3.31. The van der Waals surface area contributed by atoms with E-state index in [4.69, 9.17) is 13.9 Å². The molecule has 5 nitrogen and oxygen atoms in total. The Morgan fingerprint density at radius 1 is 1.09 bits per heavy atom. The van der Waals surface area contributed by atoms with Crippen molar-refractivity contribution in [3.05, 3.63) is 51.1 Å². The summed E-state index contributed by atoms with van der Waals surface area (Å²) < 4.78 is 11.0. The Bertz CT molecular complexity index is 1000. The Balaban J connectivity index is 2.45. The van der Waals surface area contributed by atoms with Crippen molar-refractivity contribution in [3.63, 3.8) is 0 Å². The molecule has 0 aliphatic rings. The topological polar surface area (TPSA) is 80.7 Å². The van der Waals surface area contributed by atoms with Crippen LogP contribution in [0.4, 0.5) is 0 Å². The molecule has 5 heteroatoms. The predicted molar refractivity (Wildman–Crippen MR) is 83.1 cm³/mol. The lowest BCUT2D eigenvalue weighted by atomic mass is 10.0. The van der Waals surface area contributed by atoms with Crippen LogP contribution >= 0.6 is 0 Å². The molecule has 0 bridgehead atoms. The van der Waals surface area contributed by atoms with Gasteiger partial charge in [-0.2, -0.15) is 0 Å². The minimum absolute atomic E-state index is 0.401. The SMILES string of the molecule is Cc1oc2c(C)c3oc(=O)cc(C)c3cc2c1/C=C/C(=O)O. The van der Waals surface area contributed by atoms with Gasteiger partial charge in [-0.15, -0.1) is 0 Å². The van der Waals surface area contributed by atoms with Gasteiger partial charge in [0.2, 0.25) is 0 Å². The van der Waals surface area contributed by atoms with E-state index in [1.165, 1.54) is 12.1 Å². The second-order valence-electron chi connectivity index (χ2n) is 5.25. The monoisotopic (exact) mass is 298 g/mol. The van der Waals surface area contributed by atoms with Crippen LogP contribution in [0.1, 0.15) is 22.5 Å². The summed E-state index contributed by atoms with van der Waals surface area (Å²) in [5, 5.41) is 10.4. The number of carbonyl (C=O) groups is 1. The molecule has 1 N–H and O–H groups in total. The van der Waals surface area contributed by atoms with Crippen LogP contribution in [0.3, 0.4) is 0 Å². The van der Waals surface area contributed by atoms with E-state index in [0.29, 0.717) is 22.5 Å². The van der Waals surface area contributed by atoms with Gasteiger partial charge in [-0.3, -0.25) is 0 Å². The molecule has 0 fully saturated rings. The third-order valence-corrected chi connectivity index (χ3v) is 3.74. The zero-order valence-corrected chi connectivity index (χ0v) is 12.4. The van der Waals surface area contributed by atoms with E-state index in [-0.39, 0.29) is 0 Å². The number of furan rings is 1. The highest BCUT2D eigenvalue weighted by molar-refractivity contribution is 6.03. The van der Waals surface area contributed by atoms with Crippen LogP contribution in [0.2, 0.25) is 0 Å². The number of benzene rings is 1. The van der Waals surface area contributed by atoms with Crippen LogP contribution in [0.25, 0.3) is 28.0 Å². The fourth-order valence-corrected chi connectivity index (χ4v) is 2.68. The van der Waals surface area contributed by atoms with Gasteiger partial charge < -0.3 is 13.9 Å². The minimum atomic E-state index is -1.02. The highest BCUT2D eigenvalue weighted by atomic mass is 16.4. The predicted octanol–water partition coefficient (Wildman–Crippen LogP) is 3.56. The Morgan fingerprint density at radius 3 is 2.45 bits per heavy atom. The lowest BCUT2D eigenvalue weighted by Crippen LogP contribution is -1.99. The van der Waals surface area contributed by atoms with Gasteiger partial charge in [0.15, 0.2) is 0 Å². The number of hydrogen-bond donors (Lipinski definition) is 1. The van der Waals surface area contributed by atoms with E-state index in [2.05, 4.69) is 0 Å². The number of carboxylic acids is 1. The molecule has 0 unspecified atom stereocenters. The number of rotatable bonds is 2.